The molecule has 1 aliphatic rings. The van der Waals surface area contributed by atoms with Crippen LogP contribution in [0.2, 0.25) is 0 Å². The molecule has 1 aliphatic heterocycles. The van der Waals surface area contributed by atoms with Gasteiger partial charge in [0.15, 0.2) is 5.17 Å². The van der Waals surface area contributed by atoms with E-state index in [4.69, 9.17) is 4.99 Å². The molecule has 5 nitrogen and oxygen atoms in total. The summed E-state index contributed by atoms with van der Waals surface area (Å²) in [7, 11) is 0. The van der Waals surface area contributed by atoms with E-state index >= 15 is 0 Å². The molecule has 1 fully saturated rings. The molecule has 1 heterocycles. The molecule has 1 N–H and O–H groups in total. The van der Waals surface area contributed by atoms with Crippen molar-refractivity contribution in [3.63, 3.8) is 0 Å². The molecule has 0 saturated carbocycles. The summed E-state index contributed by atoms with van der Waals surface area (Å²) in [5, 5.41) is 3.05. The monoisotopic (exact) mass is 549 g/mol. The number of rotatable bonds is 9. The average molecular weight is 549 g/mol. The van der Waals surface area contributed by atoms with Crippen LogP contribution < -0.4 is 5.32 Å². The summed E-state index contributed by atoms with van der Waals surface area (Å²) in [6.07, 6.45) is 5.81. The van der Waals surface area contributed by atoms with Gasteiger partial charge < -0.3 is 5.32 Å². The van der Waals surface area contributed by atoms with Gasteiger partial charge in [-0.15, -0.1) is 0 Å². The van der Waals surface area contributed by atoms with Crippen LogP contribution in [0.25, 0.3) is 0 Å². The Morgan fingerprint density at radius 1 is 1.10 bits per heavy atom. The van der Waals surface area contributed by atoms with Crippen LogP contribution in [0, 0.1) is 3.57 Å². The van der Waals surface area contributed by atoms with Crippen molar-refractivity contribution in [3.05, 3.63) is 58.2 Å². The Hall–Kier alpha value is -1.87. The molecule has 0 aliphatic carbocycles. The normalized spacial score (nSPS) is 17.7. The molecule has 0 radical (unpaired) electrons. The first-order valence-corrected chi connectivity index (χ1v) is 12.7. The number of thioether (sulfide) groups is 1. The van der Waals surface area contributed by atoms with E-state index in [0.717, 1.165) is 27.8 Å². The van der Waals surface area contributed by atoms with Crippen molar-refractivity contribution in [1.29, 1.82) is 0 Å². The largest absolute Gasteiger partial charge is 0.325 e. The van der Waals surface area contributed by atoms with Gasteiger partial charge >= 0.3 is 0 Å². The van der Waals surface area contributed by atoms with Crippen LogP contribution in [0.5, 0.6) is 0 Å². The number of hydrogen-bond acceptors (Lipinski definition) is 4. The van der Waals surface area contributed by atoms with Crippen LogP contribution in [0.3, 0.4) is 0 Å². The maximum atomic E-state index is 13.0. The molecule has 31 heavy (non-hydrogen) atoms. The predicted octanol–water partition coefficient (Wildman–Crippen LogP) is 6.22. The molecule has 1 unspecified atom stereocenters. The highest BCUT2D eigenvalue weighted by atomic mass is 127. The standard InChI is InChI=1S/C24H28IN3O2S/c1-2-3-4-5-9-16-28-22(29)17-21(23(30)26-20-14-12-18(25)13-15-20)31-24(28)27-19-10-7-6-8-11-19/h6-8,10-15,21H,2-5,9,16-17H2,1H3,(H,26,30). The predicted molar refractivity (Wildman–Crippen MR) is 138 cm³/mol. The van der Waals surface area contributed by atoms with Gasteiger partial charge in [-0.1, -0.05) is 62.6 Å². The number of unbranched alkanes of at least 4 members (excludes halogenated alkanes) is 4. The summed E-state index contributed by atoms with van der Waals surface area (Å²) in [5.41, 5.74) is 1.52. The Kier molecular flexibility index (Phi) is 9.39. The van der Waals surface area contributed by atoms with E-state index in [1.165, 1.54) is 31.0 Å². The van der Waals surface area contributed by atoms with Gasteiger partial charge in [0.05, 0.1) is 5.69 Å². The molecule has 0 spiro atoms. The number of benzene rings is 2. The molecular weight excluding hydrogens is 521 g/mol. The lowest BCUT2D eigenvalue weighted by Gasteiger charge is -2.31. The van der Waals surface area contributed by atoms with Gasteiger partial charge in [0.1, 0.15) is 5.25 Å². The maximum absolute atomic E-state index is 13.0. The highest BCUT2D eigenvalue weighted by molar-refractivity contribution is 14.1. The molecule has 0 aromatic heterocycles. The number of nitrogens with zero attached hydrogens (tertiary/aromatic N) is 2. The number of amidine groups is 1. The summed E-state index contributed by atoms with van der Waals surface area (Å²) in [6, 6.07) is 17.2. The van der Waals surface area contributed by atoms with Crippen LogP contribution in [0.1, 0.15) is 45.4 Å². The van der Waals surface area contributed by atoms with E-state index in [2.05, 4.69) is 34.8 Å². The molecule has 1 saturated heterocycles. The van der Waals surface area contributed by atoms with Gasteiger partial charge in [0.25, 0.3) is 0 Å². The fourth-order valence-corrected chi connectivity index (χ4v) is 4.79. The number of carbonyl (C=O) groups excluding carboxylic acids is 2. The minimum Gasteiger partial charge on any atom is -0.325 e. The summed E-state index contributed by atoms with van der Waals surface area (Å²) in [6.45, 7) is 2.84. The smallest absolute Gasteiger partial charge is 0.238 e. The third-order valence-corrected chi connectivity index (χ3v) is 6.92. The second kappa shape index (κ2) is 12.2. The number of para-hydroxylation sites is 1. The van der Waals surface area contributed by atoms with E-state index in [1.54, 1.807) is 4.90 Å². The maximum Gasteiger partial charge on any atom is 0.238 e. The van der Waals surface area contributed by atoms with Gasteiger partial charge in [0.2, 0.25) is 11.8 Å². The molecule has 2 aromatic rings. The first-order valence-electron chi connectivity index (χ1n) is 10.7. The van der Waals surface area contributed by atoms with Crippen molar-refractivity contribution in [2.45, 2.75) is 50.7 Å². The van der Waals surface area contributed by atoms with Crippen molar-refractivity contribution in [3.8, 4) is 0 Å². The van der Waals surface area contributed by atoms with Crippen LogP contribution in [0.15, 0.2) is 59.6 Å². The van der Waals surface area contributed by atoms with Crippen LogP contribution in [-0.4, -0.2) is 33.7 Å². The zero-order valence-corrected chi connectivity index (χ0v) is 20.7. The molecular formula is C24H28IN3O2S. The second-order valence-corrected chi connectivity index (χ2v) is 9.91. The number of hydrogen-bond donors (Lipinski definition) is 1. The zero-order chi connectivity index (χ0) is 22.1. The Morgan fingerprint density at radius 3 is 2.52 bits per heavy atom. The van der Waals surface area contributed by atoms with E-state index in [1.807, 2.05) is 54.6 Å². The number of carbonyl (C=O) groups is 2. The molecule has 1 atom stereocenters. The molecule has 2 amide bonds. The summed E-state index contributed by atoms with van der Waals surface area (Å²) < 4.78 is 1.10. The van der Waals surface area contributed by atoms with E-state index in [0.29, 0.717) is 11.7 Å². The van der Waals surface area contributed by atoms with Crippen molar-refractivity contribution in [1.82, 2.24) is 4.90 Å². The van der Waals surface area contributed by atoms with Crippen molar-refractivity contribution >= 4 is 62.7 Å². The van der Waals surface area contributed by atoms with Crippen molar-refractivity contribution in [2.24, 2.45) is 4.99 Å². The van der Waals surface area contributed by atoms with Crippen LogP contribution >= 0.6 is 34.4 Å². The Bertz CT molecular complexity index is 903. The van der Waals surface area contributed by atoms with E-state index in [-0.39, 0.29) is 18.2 Å². The van der Waals surface area contributed by atoms with Gasteiger partial charge in [-0.25, -0.2) is 4.99 Å². The van der Waals surface area contributed by atoms with Crippen LogP contribution in [0.4, 0.5) is 11.4 Å². The molecule has 7 heteroatoms. The SMILES string of the molecule is CCCCCCCN1C(=O)CC(C(=O)Nc2ccc(I)cc2)SC1=Nc1ccccc1. The van der Waals surface area contributed by atoms with Gasteiger partial charge in [-0.2, -0.15) is 0 Å². The molecule has 164 valence electrons. The molecule has 2 aromatic carbocycles. The second-order valence-electron chi connectivity index (χ2n) is 7.50. The first-order chi connectivity index (χ1) is 15.1. The molecule has 3 rings (SSSR count). The number of nitrogens with one attached hydrogen (secondary N) is 1. The highest BCUT2D eigenvalue weighted by Crippen LogP contribution is 2.30. The van der Waals surface area contributed by atoms with Gasteiger partial charge in [-0.3, -0.25) is 14.5 Å². The van der Waals surface area contributed by atoms with E-state index in [9.17, 15) is 9.59 Å². The minimum absolute atomic E-state index is 0.0355. The van der Waals surface area contributed by atoms with Crippen LogP contribution in [-0.2, 0) is 9.59 Å². The van der Waals surface area contributed by atoms with Gasteiger partial charge in [0, 0.05) is 22.2 Å². The Balaban J connectivity index is 1.72. The lowest BCUT2D eigenvalue weighted by atomic mass is 10.1. The minimum atomic E-state index is -0.495. The summed E-state index contributed by atoms with van der Waals surface area (Å²) in [5.74, 6) is -0.199. The number of amides is 2. The fourth-order valence-electron chi connectivity index (χ4n) is 3.30. The third-order valence-electron chi connectivity index (χ3n) is 5.01. The third kappa shape index (κ3) is 7.35. The summed E-state index contributed by atoms with van der Waals surface area (Å²) in [4.78, 5) is 32.3. The lowest BCUT2D eigenvalue weighted by Crippen LogP contribution is -2.45. The van der Waals surface area contributed by atoms with E-state index < -0.39 is 5.25 Å². The zero-order valence-electron chi connectivity index (χ0n) is 17.7. The Labute approximate surface area is 202 Å². The lowest BCUT2D eigenvalue weighted by molar-refractivity contribution is -0.129. The summed E-state index contributed by atoms with van der Waals surface area (Å²) >= 11 is 3.61. The number of aliphatic imine (C=N–C) groups is 1. The topological polar surface area (TPSA) is 61.8 Å². The Morgan fingerprint density at radius 2 is 1.81 bits per heavy atom. The average Bonchev–Trinajstić information content (AvgIpc) is 2.77. The van der Waals surface area contributed by atoms with Crippen molar-refractivity contribution in [2.75, 3.05) is 11.9 Å². The van der Waals surface area contributed by atoms with Crippen molar-refractivity contribution < 1.29 is 9.59 Å². The first kappa shape index (κ1) is 23.8. The quantitative estimate of drug-likeness (QED) is 0.298. The highest BCUT2D eigenvalue weighted by Gasteiger charge is 2.35. The molecule has 0 bridgehead atoms. The number of anilines is 1. The number of halogens is 1. The van der Waals surface area contributed by atoms with Gasteiger partial charge in [-0.05, 0) is 65.4 Å². The fraction of sp³-hybridized carbons (Fsp3) is 0.375.